The molecule has 0 radical (unpaired) electrons. The predicted molar refractivity (Wildman–Crippen MR) is 154 cm³/mol. The Morgan fingerprint density at radius 2 is 2.07 bits per heavy atom. The van der Waals surface area contributed by atoms with E-state index in [-0.39, 0.29) is 24.4 Å². The fraction of sp³-hybridized carbons (Fsp3) is 0.414. The van der Waals surface area contributed by atoms with Gasteiger partial charge in [0.05, 0.1) is 39.1 Å². The summed E-state index contributed by atoms with van der Waals surface area (Å²) in [6.45, 7) is 1.68. The van der Waals surface area contributed by atoms with Crippen LogP contribution in [0.3, 0.4) is 0 Å². The number of carbonyl (C=O) groups excluding carboxylic acids is 1. The van der Waals surface area contributed by atoms with E-state index in [4.69, 9.17) is 20.2 Å². The highest BCUT2D eigenvalue weighted by Crippen LogP contribution is 2.38. The number of hydrogen-bond donors (Lipinski definition) is 5. The summed E-state index contributed by atoms with van der Waals surface area (Å²) in [4.78, 5) is 18.0. The van der Waals surface area contributed by atoms with Crippen LogP contribution in [0.5, 0.6) is 11.5 Å². The molecular weight excluding hydrogens is 529 g/mol. The summed E-state index contributed by atoms with van der Waals surface area (Å²) in [5, 5.41) is 23.7. The summed E-state index contributed by atoms with van der Waals surface area (Å²) >= 11 is 0. The number of aliphatic hydroxyl groups is 1. The third-order valence-corrected chi connectivity index (χ3v) is 7.49. The van der Waals surface area contributed by atoms with Gasteiger partial charge in [-0.15, -0.1) is 0 Å². The van der Waals surface area contributed by atoms with Crippen LogP contribution in [0.25, 0.3) is 0 Å². The van der Waals surface area contributed by atoms with E-state index in [1.807, 2.05) is 17.0 Å². The third kappa shape index (κ3) is 6.60. The quantitative estimate of drug-likeness (QED) is 0.210. The Bertz CT molecular complexity index is 1400. The maximum absolute atomic E-state index is 14.2. The highest BCUT2D eigenvalue weighted by atomic mass is 19.1. The van der Waals surface area contributed by atoms with Crippen molar-refractivity contribution in [2.75, 3.05) is 43.8 Å². The lowest BCUT2D eigenvalue weighted by atomic mass is 9.99. The molecule has 0 unspecified atom stereocenters. The van der Waals surface area contributed by atoms with Crippen LogP contribution in [0.2, 0.25) is 0 Å². The first kappa shape index (κ1) is 28.4. The number of aromatic nitrogens is 2. The molecule has 0 saturated heterocycles. The zero-order valence-corrected chi connectivity index (χ0v) is 23.1. The number of nitrogens with one attached hydrogen (secondary N) is 3. The van der Waals surface area contributed by atoms with E-state index in [0.29, 0.717) is 53.4 Å². The lowest BCUT2D eigenvalue weighted by Gasteiger charge is -2.33. The lowest BCUT2D eigenvalue weighted by Crippen LogP contribution is -2.46. The topological polar surface area (TPSA) is 150 Å². The predicted octanol–water partition coefficient (Wildman–Crippen LogP) is 3.22. The Hall–Kier alpha value is -4.16. The number of aromatic amines is 1. The van der Waals surface area contributed by atoms with Crippen molar-refractivity contribution in [1.82, 2.24) is 15.5 Å². The fourth-order valence-corrected chi connectivity index (χ4v) is 5.37. The van der Waals surface area contributed by atoms with Crippen LogP contribution in [-0.4, -0.2) is 66.1 Å². The molecule has 12 heteroatoms. The van der Waals surface area contributed by atoms with Crippen molar-refractivity contribution in [3.05, 3.63) is 59.5 Å². The smallest absolute Gasteiger partial charge is 0.223 e. The second-order valence-electron chi connectivity index (χ2n) is 10.4. The number of benzene rings is 2. The summed E-state index contributed by atoms with van der Waals surface area (Å²) in [5.41, 5.74) is 7.77. The number of fused-ring (bicyclic) bond motifs is 1. The number of amidine groups is 1. The van der Waals surface area contributed by atoms with Gasteiger partial charge in [0.2, 0.25) is 5.91 Å². The number of ether oxygens (including phenoxy) is 2. The molecule has 1 aromatic heterocycles. The average molecular weight is 566 g/mol. The van der Waals surface area contributed by atoms with Gasteiger partial charge in [-0.05, 0) is 50.1 Å². The van der Waals surface area contributed by atoms with E-state index in [2.05, 4.69) is 20.8 Å². The summed E-state index contributed by atoms with van der Waals surface area (Å²) < 4.78 is 26.0. The summed E-state index contributed by atoms with van der Waals surface area (Å²) in [6, 6.07) is 11.6. The SMILES string of the molecule is COc1cc2c(cc1OCCCNC1(CO)CCCC1)NCN(c1cccc(F)c1)C2=Nc1cc(CC(N)=O)[nH]n1. The maximum Gasteiger partial charge on any atom is 0.223 e. The normalized spacial score (nSPS) is 16.9. The number of aliphatic imine (C=N–C) groups is 1. The molecule has 41 heavy (non-hydrogen) atoms. The van der Waals surface area contributed by atoms with Gasteiger partial charge in [0.25, 0.3) is 0 Å². The Morgan fingerprint density at radius 3 is 2.80 bits per heavy atom. The van der Waals surface area contributed by atoms with Crippen molar-refractivity contribution in [2.24, 2.45) is 10.7 Å². The minimum atomic E-state index is -0.485. The van der Waals surface area contributed by atoms with Crippen LogP contribution in [-0.2, 0) is 11.2 Å². The van der Waals surface area contributed by atoms with Gasteiger partial charge in [0.1, 0.15) is 11.7 Å². The molecule has 0 bridgehead atoms. The first-order valence-corrected chi connectivity index (χ1v) is 13.8. The summed E-state index contributed by atoms with van der Waals surface area (Å²) in [6.07, 6.45) is 5.04. The average Bonchev–Trinajstić information content (AvgIpc) is 3.62. The van der Waals surface area contributed by atoms with E-state index in [1.165, 1.54) is 12.1 Å². The molecule has 5 rings (SSSR count). The highest BCUT2D eigenvalue weighted by Gasteiger charge is 2.32. The molecule has 1 aliphatic heterocycles. The van der Waals surface area contributed by atoms with E-state index >= 15 is 0 Å². The molecule has 6 N–H and O–H groups in total. The number of hydrogen-bond acceptors (Lipinski definition) is 8. The number of rotatable bonds is 12. The number of amides is 1. The molecule has 2 aromatic carbocycles. The van der Waals surface area contributed by atoms with Crippen molar-refractivity contribution < 1.29 is 23.8 Å². The zero-order valence-electron chi connectivity index (χ0n) is 23.1. The van der Waals surface area contributed by atoms with Gasteiger partial charge in [-0.3, -0.25) is 9.89 Å². The first-order chi connectivity index (χ1) is 19.9. The van der Waals surface area contributed by atoms with E-state index in [0.717, 1.165) is 44.3 Å². The number of nitrogens with two attached hydrogens (primary N) is 1. The van der Waals surface area contributed by atoms with Crippen LogP contribution in [0.15, 0.2) is 47.5 Å². The van der Waals surface area contributed by atoms with Gasteiger partial charge < -0.3 is 35.8 Å². The minimum Gasteiger partial charge on any atom is -0.493 e. The van der Waals surface area contributed by atoms with E-state index < -0.39 is 5.91 Å². The molecule has 3 aromatic rings. The summed E-state index contributed by atoms with van der Waals surface area (Å²) in [7, 11) is 1.57. The van der Waals surface area contributed by atoms with Crippen LogP contribution in [0, 0.1) is 5.82 Å². The molecule has 1 saturated carbocycles. The number of nitrogens with zero attached hydrogens (tertiary/aromatic N) is 3. The Balaban J connectivity index is 1.39. The Kier molecular flexibility index (Phi) is 8.70. The molecule has 11 nitrogen and oxygen atoms in total. The van der Waals surface area contributed by atoms with Crippen LogP contribution >= 0.6 is 0 Å². The largest absolute Gasteiger partial charge is 0.493 e. The van der Waals surface area contributed by atoms with Crippen molar-refractivity contribution >= 4 is 28.9 Å². The Morgan fingerprint density at radius 1 is 1.24 bits per heavy atom. The number of aliphatic hydroxyl groups excluding tert-OH is 1. The minimum absolute atomic E-state index is 0.00856. The molecule has 2 aliphatic rings. The van der Waals surface area contributed by atoms with Gasteiger partial charge >= 0.3 is 0 Å². The molecule has 0 atom stereocenters. The van der Waals surface area contributed by atoms with Crippen molar-refractivity contribution in [2.45, 2.75) is 44.1 Å². The molecule has 1 amide bonds. The summed E-state index contributed by atoms with van der Waals surface area (Å²) in [5.74, 6) is 1.11. The maximum atomic E-state index is 14.2. The number of primary amides is 1. The lowest BCUT2D eigenvalue weighted by molar-refractivity contribution is -0.117. The van der Waals surface area contributed by atoms with Gasteiger partial charge in [0, 0.05) is 34.6 Å². The van der Waals surface area contributed by atoms with E-state index in [1.54, 1.807) is 25.3 Å². The fourth-order valence-electron chi connectivity index (χ4n) is 5.37. The number of H-pyrrole nitrogens is 1. The third-order valence-electron chi connectivity index (χ3n) is 7.49. The van der Waals surface area contributed by atoms with Gasteiger partial charge in [-0.25, -0.2) is 9.38 Å². The van der Waals surface area contributed by atoms with Gasteiger partial charge in [-0.1, -0.05) is 18.9 Å². The van der Waals surface area contributed by atoms with E-state index in [9.17, 15) is 14.3 Å². The van der Waals surface area contributed by atoms with Crippen molar-refractivity contribution in [3.8, 4) is 11.5 Å². The van der Waals surface area contributed by atoms with Crippen molar-refractivity contribution in [3.63, 3.8) is 0 Å². The number of methoxy groups -OCH3 is 1. The number of anilines is 2. The van der Waals surface area contributed by atoms with Crippen LogP contribution in [0.4, 0.5) is 21.6 Å². The van der Waals surface area contributed by atoms with Crippen LogP contribution < -0.4 is 30.7 Å². The molecule has 0 spiro atoms. The van der Waals surface area contributed by atoms with Crippen molar-refractivity contribution in [1.29, 1.82) is 0 Å². The highest BCUT2D eigenvalue weighted by molar-refractivity contribution is 6.16. The monoisotopic (exact) mass is 565 g/mol. The number of halogens is 1. The number of carbonyl (C=O) groups is 1. The molecule has 2 heterocycles. The standard InChI is InChI=1S/C29H36FN7O4/c1-40-24-15-22-23(16-25(24)41-11-5-10-33-29(17-38)8-2-3-9-29)32-18-37(21-7-4-6-19(30)12-21)28(22)34-27-14-20(35-36-27)13-26(31)39/h4,6-7,12,14-16,32-33,38H,2-3,5,8-11,13,17-18H2,1H3,(H2,31,39)(H,35,36). The van der Waals surface area contributed by atoms with Gasteiger partial charge in [-0.2, -0.15) is 5.10 Å². The molecule has 1 aliphatic carbocycles. The van der Waals surface area contributed by atoms with Crippen LogP contribution in [0.1, 0.15) is 43.4 Å². The first-order valence-electron chi connectivity index (χ1n) is 13.8. The van der Waals surface area contributed by atoms with Gasteiger partial charge in [0.15, 0.2) is 17.3 Å². The zero-order chi connectivity index (χ0) is 28.8. The molecule has 218 valence electrons. The molecular formula is C29H36FN7O4. The Labute approximate surface area is 237 Å². The second-order valence-corrected chi connectivity index (χ2v) is 10.4. The molecule has 1 fully saturated rings. The second kappa shape index (κ2) is 12.6.